The number of fused-ring (bicyclic) bond motifs is 1. The summed E-state index contributed by atoms with van der Waals surface area (Å²) in [6.45, 7) is 3.29. The van der Waals surface area contributed by atoms with Gasteiger partial charge in [-0.25, -0.2) is 4.39 Å². The fourth-order valence-corrected chi connectivity index (χ4v) is 4.09. The summed E-state index contributed by atoms with van der Waals surface area (Å²) in [5.74, 6) is 0.633. The summed E-state index contributed by atoms with van der Waals surface area (Å²) in [5, 5.41) is 0. The van der Waals surface area contributed by atoms with E-state index in [0.29, 0.717) is 23.9 Å². The van der Waals surface area contributed by atoms with Crippen LogP contribution in [0.5, 0.6) is 5.75 Å². The molecule has 0 spiro atoms. The Kier molecular flexibility index (Phi) is 4.15. The van der Waals surface area contributed by atoms with Gasteiger partial charge < -0.3 is 9.64 Å². The molecule has 1 aliphatic heterocycles. The van der Waals surface area contributed by atoms with Crippen LogP contribution in [0.3, 0.4) is 0 Å². The van der Waals surface area contributed by atoms with E-state index in [1.165, 1.54) is 6.07 Å². The Labute approximate surface area is 146 Å². The number of halogens is 1. The Bertz CT molecular complexity index is 795. The average Bonchev–Trinajstić information content (AvgIpc) is 3.19. The minimum Gasteiger partial charge on any atom is -0.487 e. The first-order chi connectivity index (χ1) is 12.1. The molecule has 3 atom stereocenters. The molecule has 0 radical (unpaired) electrons. The van der Waals surface area contributed by atoms with Crippen molar-refractivity contribution < 1.29 is 13.9 Å². The van der Waals surface area contributed by atoms with Gasteiger partial charge >= 0.3 is 0 Å². The molecule has 25 heavy (non-hydrogen) atoms. The van der Waals surface area contributed by atoms with Gasteiger partial charge in [0.15, 0.2) is 11.6 Å². The molecule has 0 bridgehead atoms. The highest BCUT2D eigenvalue weighted by molar-refractivity contribution is 5.93. The van der Waals surface area contributed by atoms with E-state index in [1.807, 2.05) is 24.0 Å². The number of aryl methyl sites for hydroxylation is 1. The molecular weight excluding hydrogens is 319 g/mol. The number of hydrogen-bond donors (Lipinski definition) is 0. The zero-order chi connectivity index (χ0) is 17.4. The van der Waals surface area contributed by atoms with Crippen LogP contribution in [-0.4, -0.2) is 35.0 Å². The fraction of sp³-hybridized carbons (Fsp3) is 0.400. The molecule has 1 aromatic carbocycles. The first kappa shape index (κ1) is 16.1. The molecule has 1 saturated heterocycles. The maximum atomic E-state index is 13.9. The van der Waals surface area contributed by atoms with Gasteiger partial charge in [-0.05, 0) is 49.4 Å². The van der Waals surface area contributed by atoms with Crippen molar-refractivity contribution >= 4 is 5.91 Å². The summed E-state index contributed by atoms with van der Waals surface area (Å²) in [6.07, 6.45) is 3.54. The Morgan fingerprint density at radius 2 is 2.04 bits per heavy atom. The molecule has 2 aliphatic rings. The van der Waals surface area contributed by atoms with E-state index in [0.717, 1.165) is 24.9 Å². The number of carbonyl (C=O) groups excluding carboxylic acids is 1. The molecule has 0 unspecified atom stereocenters. The zero-order valence-corrected chi connectivity index (χ0v) is 14.2. The van der Waals surface area contributed by atoms with E-state index < -0.39 is 0 Å². The quantitative estimate of drug-likeness (QED) is 0.859. The molecule has 130 valence electrons. The molecule has 4 nitrogen and oxygen atoms in total. The SMILES string of the molecule is Cc1cccnc1C(=O)N1C[C@@H]2CC[C@H](Oc3ccccc3F)[C@@H]2C1. The summed E-state index contributed by atoms with van der Waals surface area (Å²) in [5.41, 5.74) is 1.41. The van der Waals surface area contributed by atoms with Crippen LogP contribution in [0.2, 0.25) is 0 Å². The molecule has 1 saturated carbocycles. The number of rotatable bonds is 3. The van der Waals surface area contributed by atoms with E-state index >= 15 is 0 Å². The predicted octanol–water partition coefficient (Wildman–Crippen LogP) is 3.46. The lowest BCUT2D eigenvalue weighted by atomic mass is 9.99. The van der Waals surface area contributed by atoms with Crippen molar-refractivity contribution in [2.24, 2.45) is 11.8 Å². The smallest absolute Gasteiger partial charge is 0.272 e. The van der Waals surface area contributed by atoms with E-state index in [2.05, 4.69) is 4.98 Å². The van der Waals surface area contributed by atoms with Gasteiger partial charge in [-0.15, -0.1) is 0 Å². The minimum atomic E-state index is -0.332. The number of para-hydroxylation sites is 1. The van der Waals surface area contributed by atoms with Crippen LogP contribution < -0.4 is 4.74 Å². The summed E-state index contributed by atoms with van der Waals surface area (Å²) in [6, 6.07) is 10.3. The molecule has 4 rings (SSSR count). The van der Waals surface area contributed by atoms with Gasteiger partial charge in [0.25, 0.3) is 5.91 Å². The van der Waals surface area contributed by atoms with E-state index in [4.69, 9.17) is 4.74 Å². The highest BCUT2D eigenvalue weighted by atomic mass is 19.1. The number of hydrogen-bond acceptors (Lipinski definition) is 3. The first-order valence-electron chi connectivity index (χ1n) is 8.75. The lowest BCUT2D eigenvalue weighted by Crippen LogP contribution is -2.33. The monoisotopic (exact) mass is 340 g/mol. The predicted molar refractivity (Wildman–Crippen MR) is 91.9 cm³/mol. The number of carbonyl (C=O) groups is 1. The summed E-state index contributed by atoms with van der Waals surface area (Å²) in [7, 11) is 0. The second-order valence-corrected chi connectivity index (χ2v) is 6.97. The van der Waals surface area contributed by atoms with E-state index in [-0.39, 0.29) is 23.7 Å². The van der Waals surface area contributed by atoms with Crippen LogP contribution in [0, 0.1) is 24.6 Å². The summed E-state index contributed by atoms with van der Waals surface area (Å²) in [4.78, 5) is 18.9. The highest BCUT2D eigenvalue weighted by Crippen LogP contribution is 2.40. The van der Waals surface area contributed by atoms with Gasteiger partial charge in [0.1, 0.15) is 11.8 Å². The highest BCUT2D eigenvalue weighted by Gasteiger charge is 2.45. The number of likely N-dealkylation sites (tertiary alicyclic amines) is 1. The third-order valence-corrected chi connectivity index (χ3v) is 5.41. The number of aromatic nitrogens is 1. The maximum absolute atomic E-state index is 13.9. The van der Waals surface area contributed by atoms with Crippen molar-refractivity contribution in [3.63, 3.8) is 0 Å². The Hall–Kier alpha value is -2.43. The number of ether oxygens (including phenoxy) is 1. The van der Waals surface area contributed by atoms with Crippen molar-refractivity contribution in [1.82, 2.24) is 9.88 Å². The standard InChI is InChI=1S/C20H21FN2O2/c1-13-5-4-10-22-19(13)20(24)23-11-14-8-9-17(15(14)12-23)25-18-7-3-2-6-16(18)21/h2-7,10,14-15,17H,8-9,11-12H2,1H3/t14-,15+,17-/m0/s1. The zero-order valence-electron chi connectivity index (χ0n) is 14.2. The van der Waals surface area contributed by atoms with Crippen molar-refractivity contribution in [3.05, 3.63) is 59.7 Å². The molecule has 0 N–H and O–H groups in total. The third-order valence-electron chi connectivity index (χ3n) is 5.41. The maximum Gasteiger partial charge on any atom is 0.272 e. The van der Waals surface area contributed by atoms with Crippen LogP contribution in [0.15, 0.2) is 42.6 Å². The molecule has 1 aromatic heterocycles. The largest absolute Gasteiger partial charge is 0.487 e. The Morgan fingerprint density at radius 1 is 1.20 bits per heavy atom. The summed E-state index contributed by atoms with van der Waals surface area (Å²) >= 11 is 0. The molecule has 2 aromatic rings. The second kappa shape index (κ2) is 6.47. The van der Waals surface area contributed by atoms with Crippen molar-refractivity contribution in [1.29, 1.82) is 0 Å². The molecule has 1 aliphatic carbocycles. The molecule has 5 heteroatoms. The molecule has 1 amide bonds. The topological polar surface area (TPSA) is 42.4 Å². The van der Waals surface area contributed by atoms with Gasteiger partial charge in [0.2, 0.25) is 0 Å². The van der Waals surface area contributed by atoms with Crippen LogP contribution in [-0.2, 0) is 0 Å². The average molecular weight is 340 g/mol. The first-order valence-corrected chi connectivity index (χ1v) is 8.75. The van der Waals surface area contributed by atoms with Crippen molar-refractivity contribution in [2.45, 2.75) is 25.9 Å². The van der Waals surface area contributed by atoms with Gasteiger partial charge in [-0.1, -0.05) is 18.2 Å². The lowest BCUT2D eigenvalue weighted by molar-refractivity contribution is 0.0754. The third kappa shape index (κ3) is 2.99. The Balaban J connectivity index is 1.47. The molecular formula is C20H21FN2O2. The Morgan fingerprint density at radius 3 is 2.84 bits per heavy atom. The number of benzene rings is 1. The second-order valence-electron chi connectivity index (χ2n) is 6.97. The van der Waals surface area contributed by atoms with Crippen molar-refractivity contribution in [2.75, 3.05) is 13.1 Å². The fourth-order valence-electron chi connectivity index (χ4n) is 4.09. The molecule has 2 heterocycles. The number of nitrogens with zero attached hydrogens (tertiary/aromatic N) is 2. The lowest BCUT2D eigenvalue weighted by Gasteiger charge is -2.22. The van der Waals surface area contributed by atoms with Crippen LogP contribution in [0.25, 0.3) is 0 Å². The van der Waals surface area contributed by atoms with E-state index in [9.17, 15) is 9.18 Å². The van der Waals surface area contributed by atoms with Gasteiger partial charge in [-0.2, -0.15) is 0 Å². The van der Waals surface area contributed by atoms with E-state index in [1.54, 1.807) is 24.4 Å². The summed E-state index contributed by atoms with van der Waals surface area (Å²) < 4.78 is 19.8. The van der Waals surface area contributed by atoms with Gasteiger partial charge in [0.05, 0.1) is 0 Å². The number of amides is 1. The molecule has 2 fully saturated rings. The normalized spacial score (nSPS) is 25.0. The van der Waals surface area contributed by atoms with Crippen LogP contribution in [0.1, 0.15) is 28.9 Å². The van der Waals surface area contributed by atoms with Gasteiger partial charge in [0, 0.05) is 25.2 Å². The minimum absolute atomic E-state index is 0.0165. The van der Waals surface area contributed by atoms with Crippen LogP contribution in [0.4, 0.5) is 4.39 Å². The number of pyridine rings is 1. The van der Waals surface area contributed by atoms with Crippen LogP contribution >= 0.6 is 0 Å². The van der Waals surface area contributed by atoms with Gasteiger partial charge in [-0.3, -0.25) is 9.78 Å². The van der Waals surface area contributed by atoms with Crippen molar-refractivity contribution in [3.8, 4) is 5.75 Å².